The first-order chi connectivity index (χ1) is 34.1. The highest BCUT2D eigenvalue weighted by atomic mass is 15.2. The minimum absolute atomic E-state index is 0.395. The summed E-state index contributed by atoms with van der Waals surface area (Å²) in [5.41, 5.74) is 21.4. The fraction of sp³-hybridized carbons (Fsp3) is 0.0448. The highest BCUT2D eigenvalue weighted by Crippen LogP contribution is 2.60. The molecule has 0 bridgehead atoms. The molecule has 9 aromatic rings. The minimum atomic E-state index is 0.395. The van der Waals surface area contributed by atoms with Crippen LogP contribution in [0.5, 0.6) is 0 Å². The predicted octanol–water partition coefficient (Wildman–Crippen LogP) is 18.5. The highest BCUT2D eigenvalue weighted by molar-refractivity contribution is 5.95. The molecule has 330 valence electrons. The van der Waals surface area contributed by atoms with Crippen LogP contribution < -0.4 is 9.80 Å². The van der Waals surface area contributed by atoms with Crippen molar-refractivity contribution in [3.8, 4) is 33.4 Å². The summed E-state index contributed by atoms with van der Waals surface area (Å²) < 4.78 is 0. The predicted molar refractivity (Wildman–Crippen MR) is 294 cm³/mol. The smallest absolute Gasteiger partial charge is 0.0536 e. The molecule has 69 heavy (non-hydrogen) atoms. The van der Waals surface area contributed by atoms with Gasteiger partial charge in [-0.25, -0.2) is 0 Å². The summed E-state index contributed by atoms with van der Waals surface area (Å²) in [5, 5.41) is 0. The molecule has 0 aromatic heterocycles. The monoisotopic (exact) mass is 884 g/mol. The molecule has 2 aliphatic rings. The van der Waals surface area contributed by atoms with Gasteiger partial charge in [-0.1, -0.05) is 219 Å². The van der Waals surface area contributed by atoms with E-state index in [0.717, 1.165) is 46.0 Å². The van der Waals surface area contributed by atoms with Gasteiger partial charge in [0.2, 0.25) is 0 Å². The quantitative estimate of drug-likeness (QED) is 0.100. The number of rotatable bonds is 14. The molecule has 2 aliphatic carbocycles. The van der Waals surface area contributed by atoms with Crippen LogP contribution in [0.4, 0.5) is 34.1 Å². The summed E-state index contributed by atoms with van der Waals surface area (Å²) in [5.74, 6) is 0.792. The van der Waals surface area contributed by atoms with Crippen molar-refractivity contribution in [2.45, 2.75) is 6.42 Å². The van der Waals surface area contributed by atoms with E-state index >= 15 is 0 Å². The summed E-state index contributed by atoms with van der Waals surface area (Å²) in [6, 6.07) is 85.6. The van der Waals surface area contributed by atoms with E-state index in [2.05, 4.69) is 272 Å². The third-order valence-electron chi connectivity index (χ3n) is 13.6. The summed E-state index contributed by atoms with van der Waals surface area (Å²) in [6.45, 7) is 8.00. The van der Waals surface area contributed by atoms with E-state index in [4.69, 9.17) is 0 Å². The maximum absolute atomic E-state index is 4.07. The van der Waals surface area contributed by atoms with Gasteiger partial charge >= 0.3 is 0 Å². The van der Waals surface area contributed by atoms with Crippen molar-refractivity contribution < 1.29 is 0 Å². The van der Waals surface area contributed by atoms with Crippen molar-refractivity contribution >= 4 is 50.8 Å². The normalized spacial score (nSPS) is 15.0. The van der Waals surface area contributed by atoms with Crippen LogP contribution in [0.2, 0.25) is 0 Å². The molecule has 1 saturated carbocycles. The van der Waals surface area contributed by atoms with Crippen LogP contribution in [-0.2, 0) is 0 Å². The standard InChI is InChI=1S/C67H52N2/c1-3-18-48(4-2)52-29-37-56(38-30-52)68(57-39-31-53(32-40-57)49-19-8-5-9-20-49)66-27-16-14-25-62(66)60-45-46-61(65-47-64(60)65)63-26-15-17-28-67(63)69(58-41-33-54(34-42-58)50-21-10-6-11-22-50)59-43-35-55(36-44-59)51-23-12-7-13-24-51/h3-46,64-65H,1-2,47H2/b48-18+. The number of hydrogen-bond donors (Lipinski definition) is 0. The SMILES string of the molecule is C=C/C=C(\C=C)c1ccc(N(c2ccc(-c3ccccc3)cc2)c2ccccc2C2=CC=C(c3ccccc3N(c3ccc(-c4ccccc4)cc3)c3ccc(-c4ccccc4)cc3)C3CC23)cc1. The van der Waals surface area contributed by atoms with Crippen LogP contribution in [0.1, 0.15) is 23.1 Å². The van der Waals surface area contributed by atoms with Crippen molar-refractivity contribution in [3.05, 3.63) is 297 Å². The van der Waals surface area contributed by atoms with Gasteiger partial charge in [-0.2, -0.15) is 0 Å². The molecule has 0 saturated heterocycles. The molecule has 2 unspecified atom stereocenters. The van der Waals surface area contributed by atoms with E-state index in [-0.39, 0.29) is 0 Å². The Labute approximate surface area is 407 Å². The zero-order chi connectivity index (χ0) is 46.5. The van der Waals surface area contributed by atoms with Crippen molar-refractivity contribution in [2.75, 3.05) is 9.80 Å². The molecule has 0 radical (unpaired) electrons. The highest BCUT2D eigenvalue weighted by Gasteiger charge is 2.46. The molecular formula is C67H52N2. The Balaban J connectivity index is 0.987. The third-order valence-corrected chi connectivity index (χ3v) is 13.6. The Kier molecular flexibility index (Phi) is 12.0. The van der Waals surface area contributed by atoms with E-state index in [9.17, 15) is 0 Å². The van der Waals surface area contributed by atoms with Gasteiger partial charge in [0.25, 0.3) is 0 Å². The van der Waals surface area contributed by atoms with Crippen LogP contribution in [0.25, 0.3) is 50.1 Å². The van der Waals surface area contributed by atoms with Gasteiger partial charge < -0.3 is 9.80 Å². The molecule has 0 spiro atoms. The third kappa shape index (κ3) is 8.73. The lowest BCUT2D eigenvalue weighted by atomic mass is 9.88. The van der Waals surface area contributed by atoms with Crippen LogP contribution >= 0.6 is 0 Å². The molecule has 9 aromatic carbocycles. The molecule has 0 aliphatic heterocycles. The Morgan fingerprint density at radius 1 is 0.362 bits per heavy atom. The topological polar surface area (TPSA) is 6.48 Å². The lowest BCUT2D eigenvalue weighted by molar-refractivity contribution is 1.01. The number of nitrogens with zero attached hydrogens (tertiary/aromatic N) is 2. The van der Waals surface area contributed by atoms with Crippen LogP contribution in [0.3, 0.4) is 0 Å². The van der Waals surface area contributed by atoms with Crippen LogP contribution in [-0.4, -0.2) is 0 Å². The minimum Gasteiger partial charge on any atom is -0.310 e. The fourth-order valence-electron chi connectivity index (χ4n) is 10.1. The molecule has 2 heteroatoms. The first-order valence-electron chi connectivity index (χ1n) is 23.9. The maximum Gasteiger partial charge on any atom is 0.0536 e. The number of hydrogen-bond acceptors (Lipinski definition) is 2. The second-order valence-electron chi connectivity index (χ2n) is 17.7. The zero-order valence-corrected chi connectivity index (χ0v) is 38.6. The average molecular weight is 885 g/mol. The zero-order valence-electron chi connectivity index (χ0n) is 38.6. The molecule has 0 amide bonds. The molecule has 11 rings (SSSR count). The number of para-hydroxylation sites is 2. The van der Waals surface area contributed by atoms with Gasteiger partial charge in [-0.05, 0) is 135 Å². The van der Waals surface area contributed by atoms with E-state index < -0.39 is 0 Å². The Hall–Kier alpha value is -8.72. The van der Waals surface area contributed by atoms with E-state index in [1.807, 2.05) is 18.2 Å². The van der Waals surface area contributed by atoms with Gasteiger partial charge in [-0.3, -0.25) is 0 Å². The second kappa shape index (κ2) is 19.2. The molecule has 2 nitrogen and oxygen atoms in total. The average Bonchev–Trinajstić information content (AvgIpc) is 4.24. The first-order valence-corrected chi connectivity index (χ1v) is 23.9. The van der Waals surface area contributed by atoms with E-state index in [0.29, 0.717) is 11.8 Å². The summed E-state index contributed by atoms with van der Waals surface area (Å²) >= 11 is 0. The number of allylic oxidation sites excluding steroid dienone is 8. The van der Waals surface area contributed by atoms with Gasteiger partial charge in [-0.15, -0.1) is 0 Å². The summed E-state index contributed by atoms with van der Waals surface area (Å²) in [6.07, 6.45) is 11.6. The Morgan fingerprint density at radius 3 is 1.03 bits per heavy atom. The maximum atomic E-state index is 4.07. The molecule has 1 fully saturated rings. The Bertz CT molecular complexity index is 3260. The van der Waals surface area contributed by atoms with Gasteiger partial charge in [0.05, 0.1) is 11.4 Å². The molecule has 2 atom stereocenters. The van der Waals surface area contributed by atoms with E-state index in [1.54, 1.807) is 0 Å². The van der Waals surface area contributed by atoms with Crippen LogP contribution in [0.15, 0.2) is 280 Å². The molecule has 0 heterocycles. The second-order valence-corrected chi connectivity index (χ2v) is 17.7. The van der Waals surface area contributed by atoms with Crippen molar-refractivity contribution in [3.63, 3.8) is 0 Å². The summed E-state index contributed by atoms with van der Waals surface area (Å²) in [7, 11) is 0. The van der Waals surface area contributed by atoms with Gasteiger partial charge in [0.15, 0.2) is 0 Å². The van der Waals surface area contributed by atoms with Crippen molar-refractivity contribution in [1.82, 2.24) is 0 Å². The lowest BCUT2D eigenvalue weighted by Crippen LogP contribution is -2.14. The summed E-state index contributed by atoms with van der Waals surface area (Å²) in [4.78, 5) is 4.85. The van der Waals surface area contributed by atoms with Gasteiger partial charge in [0, 0.05) is 33.9 Å². The number of anilines is 6. The van der Waals surface area contributed by atoms with Gasteiger partial charge in [0.1, 0.15) is 0 Å². The first kappa shape index (κ1) is 42.9. The largest absolute Gasteiger partial charge is 0.310 e. The van der Waals surface area contributed by atoms with Crippen molar-refractivity contribution in [1.29, 1.82) is 0 Å². The lowest BCUT2D eigenvalue weighted by Gasteiger charge is -2.30. The molecular weight excluding hydrogens is 833 g/mol. The number of fused-ring (bicyclic) bond motifs is 1. The molecule has 0 N–H and O–H groups in total. The van der Waals surface area contributed by atoms with E-state index in [1.165, 1.54) is 61.3 Å². The number of benzene rings is 9. The fourth-order valence-corrected chi connectivity index (χ4v) is 10.1. The Morgan fingerprint density at radius 2 is 0.681 bits per heavy atom. The van der Waals surface area contributed by atoms with Crippen molar-refractivity contribution in [2.24, 2.45) is 11.8 Å². The van der Waals surface area contributed by atoms with Crippen LogP contribution in [0, 0.1) is 11.8 Å².